The van der Waals surface area contributed by atoms with Crippen molar-refractivity contribution in [3.05, 3.63) is 0 Å². The lowest BCUT2D eigenvalue weighted by atomic mass is 9.69. The summed E-state index contributed by atoms with van der Waals surface area (Å²) in [6.07, 6.45) is 16.6. The number of amides is 1. The number of aliphatic hydroxyl groups excluding tert-OH is 4. The van der Waals surface area contributed by atoms with Gasteiger partial charge in [-0.25, -0.2) is 4.79 Å². The molecule has 2 rings (SSSR count). The van der Waals surface area contributed by atoms with Crippen LogP contribution in [-0.2, 0) is 9.47 Å². The molecule has 6 atom stereocenters. The van der Waals surface area contributed by atoms with Crippen molar-refractivity contribution in [2.45, 2.75) is 200 Å². The van der Waals surface area contributed by atoms with Crippen molar-refractivity contribution in [2.24, 2.45) is 17.3 Å². The van der Waals surface area contributed by atoms with Gasteiger partial charge in [0.05, 0.1) is 6.61 Å². The number of unbranched alkanes of at least 4 members (excludes halogenated alkanes) is 15. The summed E-state index contributed by atoms with van der Waals surface area (Å²) in [5.74, 6) is 0.942. The fourth-order valence-corrected chi connectivity index (χ4v) is 7.27. The van der Waals surface area contributed by atoms with Crippen LogP contribution in [0.3, 0.4) is 0 Å². The fourth-order valence-electron chi connectivity index (χ4n) is 7.27. The second-order valence-corrected chi connectivity index (χ2v) is 15.3. The molecule has 0 radical (unpaired) electrons. The molecule has 0 bridgehead atoms. The van der Waals surface area contributed by atoms with Crippen molar-refractivity contribution in [1.82, 2.24) is 4.90 Å². The van der Waals surface area contributed by atoms with Gasteiger partial charge in [0.1, 0.15) is 30.5 Å². The Morgan fingerprint density at radius 1 is 0.756 bits per heavy atom. The van der Waals surface area contributed by atoms with E-state index in [0.29, 0.717) is 18.9 Å². The lowest BCUT2D eigenvalue weighted by molar-refractivity contribution is -0.260. The zero-order chi connectivity index (χ0) is 33.2. The first-order valence-electron chi connectivity index (χ1n) is 18.8. The number of rotatable bonds is 21. The minimum atomic E-state index is -1.54. The zero-order valence-corrected chi connectivity index (χ0v) is 29.6. The molecule has 1 saturated carbocycles. The molecule has 2 fully saturated rings. The van der Waals surface area contributed by atoms with Crippen molar-refractivity contribution in [3.8, 4) is 0 Å². The van der Waals surface area contributed by atoms with Crippen LogP contribution in [0.1, 0.15) is 163 Å². The molecule has 0 aromatic heterocycles. The van der Waals surface area contributed by atoms with E-state index < -0.39 is 43.3 Å². The molecule has 1 amide bonds. The highest BCUT2D eigenvalue weighted by Crippen LogP contribution is 2.41. The fraction of sp³-hybridized carbons (Fsp3) is 0.973. The maximum absolute atomic E-state index is 13.5. The monoisotopic (exact) mass is 642 g/mol. The minimum absolute atomic E-state index is 0.276. The highest BCUT2D eigenvalue weighted by Gasteiger charge is 2.47. The molecule has 2 unspecified atom stereocenters. The molecule has 0 spiro atoms. The van der Waals surface area contributed by atoms with Gasteiger partial charge in [0.2, 0.25) is 0 Å². The largest absolute Gasteiger partial charge is 0.446 e. The van der Waals surface area contributed by atoms with E-state index in [-0.39, 0.29) is 17.4 Å². The van der Waals surface area contributed by atoms with Gasteiger partial charge < -0.3 is 29.9 Å². The summed E-state index contributed by atoms with van der Waals surface area (Å²) >= 11 is 0. The molecule has 0 aromatic rings. The Labute approximate surface area is 275 Å². The molecule has 1 heterocycles. The lowest BCUT2D eigenvalue weighted by Gasteiger charge is -2.44. The molecule has 1 aliphatic carbocycles. The number of nitrogens with zero attached hydrogens (tertiary/aromatic N) is 1. The summed E-state index contributed by atoms with van der Waals surface area (Å²) in [4.78, 5) is 14.9. The smallest absolute Gasteiger partial charge is 0.412 e. The Kier molecular flexibility index (Phi) is 19.5. The van der Waals surface area contributed by atoms with E-state index >= 15 is 0 Å². The van der Waals surface area contributed by atoms with Crippen molar-refractivity contribution in [3.63, 3.8) is 0 Å². The van der Waals surface area contributed by atoms with E-state index in [9.17, 15) is 25.2 Å². The summed E-state index contributed by atoms with van der Waals surface area (Å²) in [5, 5.41) is 41.2. The first-order valence-corrected chi connectivity index (χ1v) is 18.8. The van der Waals surface area contributed by atoms with Gasteiger partial charge >= 0.3 is 6.09 Å². The van der Waals surface area contributed by atoms with Crippen molar-refractivity contribution in [2.75, 3.05) is 13.2 Å². The average molecular weight is 642 g/mol. The highest BCUT2D eigenvalue weighted by molar-refractivity contribution is 5.68. The summed E-state index contributed by atoms with van der Waals surface area (Å²) < 4.78 is 11.8. The third kappa shape index (κ3) is 14.4. The number of aliphatic hydroxyl groups is 4. The van der Waals surface area contributed by atoms with E-state index in [1.54, 1.807) is 0 Å². The van der Waals surface area contributed by atoms with Crippen LogP contribution < -0.4 is 0 Å². The van der Waals surface area contributed by atoms with E-state index in [1.165, 1.54) is 81.9 Å². The summed E-state index contributed by atoms with van der Waals surface area (Å²) in [6.45, 7) is 10.9. The molecule has 4 N–H and O–H groups in total. The SMILES string of the molecule is CCCCCCCCCCCCCCCCCCN(C(=O)OC(C)C1CCC(C(C)(C)C)CC1)C1O[C@H](CO)[C@@H](O)[C@H](O)[C@H]1O. The first-order chi connectivity index (χ1) is 21.5. The number of carbonyl (C=O) groups excluding carboxylic acids is 1. The van der Waals surface area contributed by atoms with Crippen LogP contribution in [-0.4, -0.2) is 81.3 Å². The minimum Gasteiger partial charge on any atom is -0.446 e. The normalized spacial score (nSPS) is 28.2. The van der Waals surface area contributed by atoms with Crippen molar-refractivity contribution >= 4 is 6.09 Å². The second kappa shape index (κ2) is 21.8. The quantitative estimate of drug-likeness (QED) is 0.0947. The van der Waals surface area contributed by atoms with Crippen LogP contribution in [0.5, 0.6) is 0 Å². The third-order valence-corrected chi connectivity index (χ3v) is 10.6. The predicted octanol–water partition coefficient (Wildman–Crippen LogP) is 7.73. The van der Waals surface area contributed by atoms with Crippen LogP contribution in [0, 0.1) is 17.3 Å². The van der Waals surface area contributed by atoms with Gasteiger partial charge in [0, 0.05) is 6.54 Å². The van der Waals surface area contributed by atoms with E-state index in [2.05, 4.69) is 27.7 Å². The Morgan fingerprint density at radius 3 is 1.67 bits per heavy atom. The average Bonchev–Trinajstić information content (AvgIpc) is 3.01. The Balaban J connectivity index is 1.77. The Morgan fingerprint density at radius 2 is 1.22 bits per heavy atom. The standard InChI is InChI=1S/C37H71NO7/c1-6-7-8-9-10-11-12-13-14-15-16-17-18-19-20-21-26-38(35-34(42)33(41)32(40)31(27-39)45-35)36(43)44-28(2)29-22-24-30(25-23-29)37(3,4)5/h28-35,39-42H,6-27H2,1-5H3/t28?,29?,30?,31-,32-,33+,34-,35?/m1/s1. The third-order valence-electron chi connectivity index (χ3n) is 10.6. The van der Waals surface area contributed by atoms with Crippen LogP contribution in [0.4, 0.5) is 4.79 Å². The van der Waals surface area contributed by atoms with Crippen LogP contribution in [0.2, 0.25) is 0 Å². The Bertz CT molecular complexity index is 764. The summed E-state index contributed by atoms with van der Waals surface area (Å²) in [7, 11) is 0. The second-order valence-electron chi connectivity index (χ2n) is 15.3. The Hall–Kier alpha value is -0.930. The maximum Gasteiger partial charge on any atom is 0.412 e. The topological polar surface area (TPSA) is 120 Å². The van der Waals surface area contributed by atoms with Crippen molar-refractivity contribution in [1.29, 1.82) is 0 Å². The zero-order valence-electron chi connectivity index (χ0n) is 29.6. The molecule has 45 heavy (non-hydrogen) atoms. The molecule has 8 heteroatoms. The van der Waals surface area contributed by atoms with Gasteiger partial charge in [0.25, 0.3) is 0 Å². The number of carbonyl (C=O) groups is 1. The highest BCUT2D eigenvalue weighted by atomic mass is 16.6. The van der Waals surface area contributed by atoms with Crippen LogP contribution in [0.25, 0.3) is 0 Å². The number of hydrogen-bond donors (Lipinski definition) is 4. The summed E-state index contributed by atoms with van der Waals surface area (Å²) in [5.41, 5.74) is 0.276. The van der Waals surface area contributed by atoms with Gasteiger partial charge in [0.15, 0.2) is 6.23 Å². The molecule has 1 saturated heterocycles. The van der Waals surface area contributed by atoms with E-state index in [4.69, 9.17) is 9.47 Å². The predicted molar refractivity (Wildman–Crippen MR) is 181 cm³/mol. The maximum atomic E-state index is 13.5. The van der Waals surface area contributed by atoms with Gasteiger partial charge in [-0.2, -0.15) is 0 Å². The molecule has 2 aliphatic rings. The van der Waals surface area contributed by atoms with Gasteiger partial charge in [-0.1, -0.05) is 124 Å². The van der Waals surface area contributed by atoms with Crippen molar-refractivity contribution < 1.29 is 34.7 Å². The summed E-state index contributed by atoms with van der Waals surface area (Å²) in [6, 6.07) is 0. The van der Waals surface area contributed by atoms with E-state index in [0.717, 1.165) is 44.9 Å². The lowest BCUT2D eigenvalue weighted by Crippen LogP contribution is -2.64. The first kappa shape index (κ1) is 40.2. The van der Waals surface area contributed by atoms with Gasteiger partial charge in [-0.15, -0.1) is 0 Å². The number of hydrogen-bond acceptors (Lipinski definition) is 7. The van der Waals surface area contributed by atoms with Gasteiger partial charge in [-0.05, 0) is 56.3 Å². The van der Waals surface area contributed by atoms with Crippen LogP contribution >= 0.6 is 0 Å². The molecule has 1 aliphatic heterocycles. The van der Waals surface area contributed by atoms with E-state index in [1.807, 2.05) is 6.92 Å². The van der Waals surface area contributed by atoms with Gasteiger partial charge in [-0.3, -0.25) is 4.90 Å². The molecular formula is C37H71NO7. The molecule has 0 aromatic carbocycles. The molecule has 266 valence electrons. The number of ether oxygens (including phenoxy) is 2. The molecule has 8 nitrogen and oxygen atoms in total. The van der Waals surface area contributed by atoms with Crippen LogP contribution in [0.15, 0.2) is 0 Å². The molecular weight excluding hydrogens is 570 g/mol.